The summed E-state index contributed by atoms with van der Waals surface area (Å²) in [6, 6.07) is 3.16. The number of nitrogens with one attached hydrogen (secondary N) is 1. The van der Waals surface area contributed by atoms with Crippen LogP contribution in [0, 0.1) is 10.1 Å². The highest BCUT2D eigenvalue weighted by molar-refractivity contribution is 5.61. The highest BCUT2D eigenvalue weighted by Crippen LogP contribution is 2.26. The molecule has 6 nitrogen and oxygen atoms in total. The van der Waals surface area contributed by atoms with Crippen LogP contribution in [0.5, 0.6) is 0 Å². The Hall–Kier alpha value is -1.66. The van der Waals surface area contributed by atoms with Crippen LogP contribution in [-0.4, -0.2) is 11.5 Å². The minimum absolute atomic E-state index is 0.0440. The molecule has 0 aliphatic carbocycles. The van der Waals surface area contributed by atoms with E-state index in [0.29, 0.717) is 19.6 Å². The topological polar surface area (TPSA) is 90.4 Å². The third kappa shape index (κ3) is 1.90. The van der Waals surface area contributed by atoms with Gasteiger partial charge in [0.25, 0.3) is 5.69 Å². The molecular formula is C9H11N3O3. The molecule has 0 aromatic heterocycles. The fourth-order valence-corrected chi connectivity index (χ4v) is 1.61. The molecule has 1 aromatic carbocycles. The smallest absolute Gasteiger partial charge is 0.292 e. The number of hydrogen-bond donors (Lipinski definition) is 2. The van der Waals surface area contributed by atoms with Crippen molar-refractivity contribution in [2.24, 2.45) is 0 Å². The lowest BCUT2D eigenvalue weighted by Gasteiger charge is -2.05. The number of anilines is 1. The van der Waals surface area contributed by atoms with Crippen LogP contribution in [-0.2, 0) is 17.8 Å². The molecule has 1 aliphatic rings. The molecule has 0 atom stereocenters. The predicted octanol–water partition coefficient (Wildman–Crippen LogP) is 0.754. The van der Waals surface area contributed by atoms with E-state index in [9.17, 15) is 10.1 Å². The third-order valence-electron chi connectivity index (χ3n) is 2.38. The van der Waals surface area contributed by atoms with E-state index >= 15 is 0 Å². The van der Waals surface area contributed by atoms with Crippen molar-refractivity contribution in [1.82, 2.24) is 5.48 Å². The summed E-state index contributed by atoms with van der Waals surface area (Å²) in [7, 11) is 0. The Kier molecular flexibility index (Phi) is 2.53. The van der Waals surface area contributed by atoms with Gasteiger partial charge in [-0.25, -0.2) is 0 Å². The molecule has 3 N–H and O–H groups in total. The van der Waals surface area contributed by atoms with Gasteiger partial charge in [0.1, 0.15) is 5.69 Å². The summed E-state index contributed by atoms with van der Waals surface area (Å²) < 4.78 is 0. The molecule has 1 heterocycles. The monoisotopic (exact) mass is 209 g/mol. The summed E-state index contributed by atoms with van der Waals surface area (Å²) in [5.41, 5.74) is 10.4. The van der Waals surface area contributed by atoms with Gasteiger partial charge >= 0.3 is 0 Å². The van der Waals surface area contributed by atoms with Crippen molar-refractivity contribution >= 4 is 11.4 Å². The molecule has 1 aliphatic heterocycles. The van der Waals surface area contributed by atoms with Gasteiger partial charge in [0.15, 0.2) is 0 Å². The van der Waals surface area contributed by atoms with Crippen molar-refractivity contribution in [1.29, 1.82) is 0 Å². The Morgan fingerprint density at radius 3 is 3.00 bits per heavy atom. The number of nitrogen functional groups attached to an aromatic ring is 1. The molecule has 0 spiro atoms. The van der Waals surface area contributed by atoms with Gasteiger partial charge in [-0.05, 0) is 23.6 Å². The van der Waals surface area contributed by atoms with Gasteiger partial charge in [-0.1, -0.05) is 0 Å². The zero-order valence-corrected chi connectivity index (χ0v) is 8.03. The molecule has 0 amide bonds. The Balaban J connectivity index is 2.47. The lowest BCUT2D eigenvalue weighted by molar-refractivity contribution is -0.384. The van der Waals surface area contributed by atoms with Crippen LogP contribution >= 0.6 is 0 Å². The van der Waals surface area contributed by atoms with E-state index in [4.69, 9.17) is 10.6 Å². The first-order valence-electron chi connectivity index (χ1n) is 4.59. The molecule has 0 fully saturated rings. The van der Waals surface area contributed by atoms with Gasteiger partial charge in [-0.15, -0.1) is 0 Å². The van der Waals surface area contributed by atoms with E-state index in [1.165, 1.54) is 6.07 Å². The van der Waals surface area contributed by atoms with Gasteiger partial charge in [-0.3, -0.25) is 10.1 Å². The molecular weight excluding hydrogens is 198 g/mol. The number of nitrogens with zero attached hydrogens (tertiary/aromatic N) is 1. The SMILES string of the molecule is Nc1cc2c(cc1[N+](=O)[O-])CNOCC2. The van der Waals surface area contributed by atoms with E-state index in [2.05, 4.69) is 5.48 Å². The standard InChI is InChI=1S/C9H11N3O3/c10-8-3-6-1-2-15-11-5-7(6)4-9(8)12(13)14/h3-4,11H,1-2,5,10H2. The summed E-state index contributed by atoms with van der Waals surface area (Å²) in [6.07, 6.45) is 0.713. The van der Waals surface area contributed by atoms with Crippen LogP contribution in [0.4, 0.5) is 11.4 Å². The molecule has 6 heteroatoms. The van der Waals surface area contributed by atoms with Crippen molar-refractivity contribution in [3.63, 3.8) is 0 Å². The van der Waals surface area contributed by atoms with Crippen LogP contribution in [0.3, 0.4) is 0 Å². The molecule has 0 saturated heterocycles. The average Bonchev–Trinajstić information content (AvgIpc) is 2.40. The summed E-state index contributed by atoms with van der Waals surface area (Å²) >= 11 is 0. The maximum Gasteiger partial charge on any atom is 0.292 e. The maximum atomic E-state index is 10.7. The molecule has 0 unspecified atom stereocenters. The van der Waals surface area contributed by atoms with Gasteiger partial charge in [0, 0.05) is 12.6 Å². The second kappa shape index (κ2) is 3.84. The molecule has 0 bridgehead atoms. The van der Waals surface area contributed by atoms with E-state index < -0.39 is 4.92 Å². The first-order chi connectivity index (χ1) is 7.18. The molecule has 1 aromatic rings. The van der Waals surface area contributed by atoms with Gasteiger partial charge in [0.2, 0.25) is 0 Å². The van der Waals surface area contributed by atoms with Crippen molar-refractivity contribution < 1.29 is 9.76 Å². The zero-order valence-electron chi connectivity index (χ0n) is 8.03. The Labute approximate surface area is 86.1 Å². The van der Waals surface area contributed by atoms with Gasteiger partial charge in [-0.2, -0.15) is 5.48 Å². The van der Waals surface area contributed by atoms with Gasteiger partial charge < -0.3 is 10.6 Å². The number of nitro benzene ring substituents is 1. The predicted molar refractivity (Wildman–Crippen MR) is 54.0 cm³/mol. The van der Waals surface area contributed by atoms with Crippen LogP contribution in [0.15, 0.2) is 12.1 Å². The van der Waals surface area contributed by atoms with E-state index in [1.807, 2.05) is 0 Å². The Morgan fingerprint density at radius 1 is 1.47 bits per heavy atom. The van der Waals surface area contributed by atoms with Crippen LogP contribution in [0.25, 0.3) is 0 Å². The Bertz CT molecular complexity index is 406. The number of nitro groups is 1. The molecule has 0 radical (unpaired) electrons. The molecule has 0 saturated carbocycles. The number of nitrogens with two attached hydrogens (primary N) is 1. The summed E-state index contributed by atoms with van der Waals surface area (Å²) in [5, 5.41) is 10.7. The fourth-order valence-electron chi connectivity index (χ4n) is 1.61. The van der Waals surface area contributed by atoms with Crippen molar-refractivity contribution in [2.45, 2.75) is 13.0 Å². The molecule has 2 rings (SSSR count). The minimum atomic E-state index is -0.471. The summed E-state index contributed by atoms with van der Waals surface area (Å²) in [5.74, 6) is 0. The largest absolute Gasteiger partial charge is 0.393 e. The van der Waals surface area contributed by atoms with Crippen molar-refractivity contribution in [3.8, 4) is 0 Å². The summed E-state index contributed by atoms with van der Waals surface area (Å²) in [4.78, 5) is 15.3. The molecule has 15 heavy (non-hydrogen) atoms. The lowest BCUT2D eigenvalue weighted by atomic mass is 10.0. The lowest BCUT2D eigenvalue weighted by Crippen LogP contribution is -2.11. The van der Waals surface area contributed by atoms with Gasteiger partial charge in [0.05, 0.1) is 11.5 Å². The number of rotatable bonds is 1. The third-order valence-corrected chi connectivity index (χ3v) is 2.38. The zero-order chi connectivity index (χ0) is 10.8. The van der Waals surface area contributed by atoms with E-state index in [0.717, 1.165) is 11.1 Å². The van der Waals surface area contributed by atoms with E-state index in [-0.39, 0.29) is 11.4 Å². The highest BCUT2D eigenvalue weighted by Gasteiger charge is 2.17. The number of hydrogen-bond acceptors (Lipinski definition) is 5. The normalized spacial score (nSPS) is 15.5. The maximum absolute atomic E-state index is 10.7. The minimum Gasteiger partial charge on any atom is -0.393 e. The quantitative estimate of drug-likeness (QED) is 0.404. The van der Waals surface area contributed by atoms with E-state index in [1.54, 1.807) is 6.07 Å². The number of hydroxylamine groups is 1. The van der Waals surface area contributed by atoms with Crippen LogP contribution in [0.2, 0.25) is 0 Å². The second-order valence-corrected chi connectivity index (χ2v) is 3.36. The number of fused-ring (bicyclic) bond motifs is 1. The number of benzene rings is 1. The van der Waals surface area contributed by atoms with Crippen LogP contribution in [0.1, 0.15) is 11.1 Å². The molecule has 80 valence electrons. The summed E-state index contributed by atoms with van der Waals surface area (Å²) in [6.45, 7) is 1.01. The fraction of sp³-hybridized carbons (Fsp3) is 0.333. The highest BCUT2D eigenvalue weighted by atomic mass is 16.6. The first-order valence-corrected chi connectivity index (χ1v) is 4.59. The second-order valence-electron chi connectivity index (χ2n) is 3.36. The van der Waals surface area contributed by atoms with Crippen LogP contribution < -0.4 is 11.2 Å². The Morgan fingerprint density at radius 2 is 2.27 bits per heavy atom. The average molecular weight is 209 g/mol. The first kappa shape index (κ1) is 9.88. The van der Waals surface area contributed by atoms with Crippen molar-refractivity contribution in [2.75, 3.05) is 12.3 Å². The van der Waals surface area contributed by atoms with Crippen molar-refractivity contribution in [3.05, 3.63) is 33.4 Å².